The van der Waals surface area contributed by atoms with Gasteiger partial charge in [0.15, 0.2) is 0 Å². The molecule has 0 aromatic rings. The molecule has 96 valence electrons. The second kappa shape index (κ2) is 3.90. The Morgan fingerprint density at radius 3 is 2.24 bits per heavy atom. The van der Waals surface area contributed by atoms with Crippen LogP contribution in [0, 0.1) is 28.6 Å². The molecule has 0 N–H and O–H groups in total. The molecule has 0 aromatic heterocycles. The summed E-state index contributed by atoms with van der Waals surface area (Å²) < 4.78 is 0.679. The summed E-state index contributed by atoms with van der Waals surface area (Å²) in [6, 6.07) is 0. The monoisotopic (exact) mass is 344 g/mol. The number of hydrogen-bond acceptors (Lipinski definition) is 0. The molecule has 0 heterocycles. The number of alkyl halides is 1. The first-order valence-electron chi connectivity index (χ1n) is 6.99. The maximum atomic E-state index is 6.94. The zero-order chi connectivity index (χ0) is 13.2. The SMILES string of the molecule is [B]C12C(CC(C)C1(C)C)CC2C(C)(C)C(C)I. The van der Waals surface area contributed by atoms with Crippen LogP contribution in [0.5, 0.6) is 0 Å². The van der Waals surface area contributed by atoms with Crippen LogP contribution in [0.3, 0.4) is 0 Å². The average Bonchev–Trinajstić information content (AvgIpc) is 2.30. The lowest BCUT2D eigenvalue weighted by Gasteiger charge is -2.64. The Labute approximate surface area is 122 Å². The van der Waals surface area contributed by atoms with Crippen LogP contribution in [0.4, 0.5) is 0 Å². The minimum Gasteiger partial charge on any atom is -0.0823 e. The fourth-order valence-electron chi connectivity index (χ4n) is 4.41. The topological polar surface area (TPSA) is 0 Å². The predicted molar refractivity (Wildman–Crippen MR) is 84.9 cm³/mol. The normalized spacial score (nSPS) is 46.2. The summed E-state index contributed by atoms with van der Waals surface area (Å²) >= 11 is 2.58. The van der Waals surface area contributed by atoms with Gasteiger partial charge in [-0.25, -0.2) is 0 Å². The molecule has 0 aromatic carbocycles. The largest absolute Gasteiger partial charge is 0.0823 e. The molecule has 5 unspecified atom stereocenters. The van der Waals surface area contributed by atoms with Crippen LogP contribution in [-0.2, 0) is 0 Å². The van der Waals surface area contributed by atoms with Gasteiger partial charge in [-0.3, -0.25) is 0 Å². The summed E-state index contributed by atoms with van der Waals surface area (Å²) in [6.45, 7) is 14.4. The summed E-state index contributed by atoms with van der Waals surface area (Å²) in [5, 5.41) is 0.0787. The molecule has 2 aliphatic rings. The molecule has 0 amide bonds. The van der Waals surface area contributed by atoms with Crippen LogP contribution in [0.1, 0.15) is 54.4 Å². The number of rotatable bonds is 2. The van der Waals surface area contributed by atoms with Crippen molar-refractivity contribution in [2.75, 3.05) is 0 Å². The van der Waals surface area contributed by atoms with E-state index in [0.717, 1.165) is 11.8 Å². The van der Waals surface area contributed by atoms with Crippen LogP contribution in [0.15, 0.2) is 0 Å². The smallest absolute Gasteiger partial charge is 0.0761 e. The minimum atomic E-state index is 0.0787. The molecule has 2 heteroatoms. The van der Waals surface area contributed by atoms with Crippen molar-refractivity contribution in [2.24, 2.45) is 28.6 Å². The second-order valence-electron chi connectivity index (χ2n) is 7.71. The fraction of sp³-hybridized carbons (Fsp3) is 1.00. The quantitative estimate of drug-likeness (QED) is 0.381. The highest BCUT2D eigenvalue weighted by Gasteiger charge is 2.67. The molecule has 2 rings (SSSR count). The van der Waals surface area contributed by atoms with Crippen LogP contribution in [-0.4, -0.2) is 11.8 Å². The summed E-state index contributed by atoms with van der Waals surface area (Å²) in [7, 11) is 6.94. The van der Waals surface area contributed by atoms with Gasteiger partial charge in [-0.2, -0.15) is 0 Å². The maximum Gasteiger partial charge on any atom is 0.0761 e. The molecular weight excluding hydrogens is 318 g/mol. The van der Waals surface area contributed by atoms with Gasteiger partial charge in [-0.05, 0) is 41.4 Å². The third-order valence-electron chi connectivity index (χ3n) is 6.68. The molecule has 2 saturated carbocycles. The zero-order valence-electron chi connectivity index (χ0n) is 12.2. The number of hydrogen-bond donors (Lipinski definition) is 0. The lowest BCUT2D eigenvalue weighted by Crippen LogP contribution is -2.55. The Balaban J connectivity index is 2.33. The Kier molecular flexibility index (Phi) is 3.26. The van der Waals surface area contributed by atoms with E-state index in [-0.39, 0.29) is 5.31 Å². The van der Waals surface area contributed by atoms with Gasteiger partial charge in [0.2, 0.25) is 0 Å². The van der Waals surface area contributed by atoms with E-state index in [9.17, 15) is 0 Å². The molecule has 0 aliphatic heterocycles. The molecular formula is C15H26BI. The van der Waals surface area contributed by atoms with E-state index in [2.05, 4.69) is 64.1 Å². The van der Waals surface area contributed by atoms with Crippen molar-refractivity contribution in [2.45, 2.75) is 63.6 Å². The maximum absolute atomic E-state index is 6.94. The standard InChI is InChI=1S/C15H26BI/c1-9-7-11-8-12(13(3,4)10(2)17)15(11,16)14(9,5)6/h9-12H,7-8H2,1-6H3. The van der Waals surface area contributed by atoms with Gasteiger partial charge in [0.05, 0.1) is 7.85 Å². The number of fused-ring (bicyclic) bond motifs is 1. The average molecular weight is 344 g/mol. The summed E-state index contributed by atoms with van der Waals surface area (Å²) in [5.41, 5.74) is 0.649. The minimum absolute atomic E-state index is 0.0787. The van der Waals surface area contributed by atoms with Crippen molar-refractivity contribution in [1.29, 1.82) is 0 Å². The molecule has 0 spiro atoms. The van der Waals surface area contributed by atoms with Crippen molar-refractivity contribution in [3.8, 4) is 0 Å². The first kappa shape index (κ1) is 14.2. The summed E-state index contributed by atoms with van der Waals surface area (Å²) in [4.78, 5) is 0. The summed E-state index contributed by atoms with van der Waals surface area (Å²) in [6.07, 6.45) is 2.69. The fourth-order valence-corrected chi connectivity index (χ4v) is 4.84. The molecule has 0 saturated heterocycles. The molecule has 0 nitrogen and oxygen atoms in total. The van der Waals surface area contributed by atoms with E-state index >= 15 is 0 Å². The third kappa shape index (κ3) is 1.61. The van der Waals surface area contributed by atoms with Gasteiger partial charge in [0, 0.05) is 3.92 Å². The highest BCUT2D eigenvalue weighted by atomic mass is 127. The molecule has 2 fully saturated rings. The zero-order valence-corrected chi connectivity index (χ0v) is 14.3. The first-order chi connectivity index (χ1) is 7.56. The first-order valence-corrected chi connectivity index (χ1v) is 8.23. The van der Waals surface area contributed by atoms with Crippen LogP contribution in [0.2, 0.25) is 5.31 Å². The van der Waals surface area contributed by atoms with Crippen molar-refractivity contribution in [3.05, 3.63) is 0 Å². The van der Waals surface area contributed by atoms with Crippen molar-refractivity contribution in [1.82, 2.24) is 0 Å². The van der Waals surface area contributed by atoms with Crippen LogP contribution < -0.4 is 0 Å². The van der Waals surface area contributed by atoms with Gasteiger partial charge < -0.3 is 0 Å². The Hall–Kier alpha value is 0.795. The second-order valence-corrected chi connectivity index (χ2v) is 9.58. The predicted octanol–water partition coefficient (Wildman–Crippen LogP) is 4.87. The van der Waals surface area contributed by atoms with Crippen molar-refractivity contribution >= 4 is 30.4 Å². The van der Waals surface area contributed by atoms with Gasteiger partial charge in [-0.1, -0.05) is 69.4 Å². The molecule has 2 aliphatic carbocycles. The van der Waals surface area contributed by atoms with Crippen molar-refractivity contribution < 1.29 is 0 Å². The van der Waals surface area contributed by atoms with E-state index < -0.39 is 0 Å². The highest BCUT2D eigenvalue weighted by Crippen LogP contribution is 2.78. The summed E-state index contributed by atoms with van der Waals surface area (Å²) in [5.74, 6) is 2.22. The van der Waals surface area contributed by atoms with E-state index in [0.29, 0.717) is 20.7 Å². The van der Waals surface area contributed by atoms with E-state index in [1.807, 2.05) is 0 Å². The lowest BCUT2D eigenvalue weighted by molar-refractivity contribution is -0.0333. The Bertz CT molecular complexity index is 321. The lowest BCUT2D eigenvalue weighted by atomic mass is 9.33. The van der Waals surface area contributed by atoms with Crippen molar-refractivity contribution in [3.63, 3.8) is 0 Å². The van der Waals surface area contributed by atoms with Gasteiger partial charge in [0.25, 0.3) is 0 Å². The molecule has 5 atom stereocenters. The molecule has 17 heavy (non-hydrogen) atoms. The highest BCUT2D eigenvalue weighted by molar-refractivity contribution is 14.1. The van der Waals surface area contributed by atoms with Gasteiger partial charge in [-0.15, -0.1) is 0 Å². The van der Waals surface area contributed by atoms with E-state index in [1.54, 1.807) is 0 Å². The number of halogens is 1. The molecule has 2 radical (unpaired) electrons. The third-order valence-corrected chi connectivity index (χ3v) is 8.29. The molecule has 0 bridgehead atoms. The van der Waals surface area contributed by atoms with E-state index in [4.69, 9.17) is 7.85 Å². The van der Waals surface area contributed by atoms with Crippen LogP contribution in [0.25, 0.3) is 0 Å². The van der Waals surface area contributed by atoms with Crippen LogP contribution >= 0.6 is 22.6 Å². The Morgan fingerprint density at radius 1 is 1.29 bits per heavy atom. The van der Waals surface area contributed by atoms with Gasteiger partial charge >= 0.3 is 0 Å². The van der Waals surface area contributed by atoms with E-state index in [1.165, 1.54) is 12.8 Å². The Morgan fingerprint density at radius 2 is 1.82 bits per heavy atom. The van der Waals surface area contributed by atoms with Gasteiger partial charge in [0.1, 0.15) is 0 Å².